The summed E-state index contributed by atoms with van der Waals surface area (Å²) >= 11 is 0. The van der Waals surface area contributed by atoms with Gasteiger partial charge in [0.2, 0.25) is 5.91 Å². The Morgan fingerprint density at radius 1 is 1.26 bits per heavy atom. The van der Waals surface area contributed by atoms with Gasteiger partial charge in [-0.15, -0.1) is 12.4 Å². The number of nitrogens with two attached hydrogens (primary N) is 1. The van der Waals surface area contributed by atoms with E-state index in [9.17, 15) is 4.79 Å². The van der Waals surface area contributed by atoms with Crippen molar-refractivity contribution < 1.29 is 4.79 Å². The second kappa shape index (κ2) is 8.00. The first-order valence-corrected chi connectivity index (χ1v) is 6.75. The fourth-order valence-electron chi connectivity index (χ4n) is 2.52. The second-order valence-electron chi connectivity index (χ2n) is 5.08. The van der Waals surface area contributed by atoms with Crippen molar-refractivity contribution in [2.75, 3.05) is 11.1 Å². The van der Waals surface area contributed by atoms with Crippen LogP contribution in [0.3, 0.4) is 0 Å². The van der Waals surface area contributed by atoms with Crippen LogP contribution < -0.4 is 11.1 Å². The van der Waals surface area contributed by atoms with Gasteiger partial charge in [0.15, 0.2) is 0 Å². The van der Waals surface area contributed by atoms with Crippen molar-refractivity contribution in [1.82, 2.24) is 4.98 Å². The van der Waals surface area contributed by atoms with Gasteiger partial charge in [0.25, 0.3) is 0 Å². The number of rotatable bonds is 3. The van der Waals surface area contributed by atoms with Crippen molar-refractivity contribution in [2.24, 2.45) is 5.92 Å². The Bertz CT molecular complexity index is 386. The minimum absolute atomic E-state index is 0. The van der Waals surface area contributed by atoms with Gasteiger partial charge < -0.3 is 11.1 Å². The van der Waals surface area contributed by atoms with Crippen LogP contribution in [0.25, 0.3) is 0 Å². The molecule has 3 N–H and O–H groups in total. The number of amides is 1. The summed E-state index contributed by atoms with van der Waals surface area (Å²) in [5.74, 6) is 1.11. The van der Waals surface area contributed by atoms with Gasteiger partial charge in [0.05, 0.1) is 11.9 Å². The number of hydrogen-bond acceptors (Lipinski definition) is 3. The Hall–Kier alpha value is -1.29. The minimum Gasteiger partial charge on any atom is -0.384 e. The maximum Gasteiger partial charge on any atom is 0.224 e. The largest absolute Gasteiger partial charge is 0.384 e. The maximum absolute atomic E-state index is 11.9. The Kier molecular flexibility index (Phi) is 6.64. The molecule has 1 saturated carbocycles. The molecular formula is C14H22ClN3O. The van der Waals surface area contributed by atoms with Crippen LogP contribution >= 0.6 is 12.4 Å². The number of carbonyl (C=O) groups excluding carboxylic acids is 1. The lowest BCUT2D eigenvalue weighted by Gasteiger charge is -2.13. The highest BCUT2D eigenvalue weighted by Crippen LogP contribution is 2.25. The number of nitrogens with one attached hydrogen (secondary N) is 1. The van der Waals surface area contributed by atoms with Gasteiger partial charge in [-0.2, -0.15) is 0 Å². The molecule has 1 heterocycles. The number of pyridine rings is 1. The molecule has 0 aromatic carbocycles. The zero-order valence-electron chi connectivity index (χ0n) is 11.1. The highest BCUT2D eigenvalue weighted by molar-refractivity contribution is 5.90. The molecule has 1 fully saturated rings. The summed E-state index contributed by atoms with van der Waals surface area (Å²) < 4.78 is 0. The Balaban J connectivity index is 0.00000180. The number of halogens is 1. The van der Waals surface area contributed by atoms with Crippen molar-refractivity contribution in [1.29, 1.82) is 0 Å². The summed E-state index contributed by atoms with van der Waals surface area (Å²) in [5.41, 5.74) is 6.23. The third-order valence-corrected chi connectivity index (χ3v) is 3.52. The predicted molar refractivity (Wildman–Crippen MR) is 80.3 cm³/mol. The van der Waals surface area contributed by atoms with E-state index in [1.54, 1.807) is 18.3 Å². The van der Waals surface area contributed by atoms with Crippen molar-refractivity contribution in [3.8, 4) is 0 Å². The van der Waals surface area contributed by atoms with E-state index in [0.29, 0.717) is 18.2 Å². The molecule has 0 aliphatic heterocycles. The lowest BCUT2D eigenvalue weighted by Crippen LogP contribution is -2.16. The molecule has 19 heavy (non-hydrogen) atoms. The molecular weight excluding hydrogens is 262 g/mol. The number of aromatic nitrogens is 1. The first-order valence-electron chi connectivity index (χ1n) is 6.75. The summed E-state index contributed by atoms with van der Waals surface area (Å²) in [6.45, 7) is 0. The quantitative estimate of drug-likeness (QED) is 0.836. The zero-order valence-corrected chi connectivity index (χ0v) is 11.9. The van der Waals surface area contributed by atoms with E-state index in [4.69, 9.17) is 5.73 Å². The van der Waals surface area contributed by atoms with Crippen LogP contribution in [0.1, 0.15) is 44.9 Å². The van der Waals surface area contributed by atoms with Gasteiger partial charge in [-0.3, -0.25) is 4.79 Å². The molecule has 1 aliphatic rings. The highest BCUT2D eigenvalue weighted by atomic mass is 35.5. The van der Waals surface area contributed by atoms with Crippen molar-refractivity contribution >= 4 is 29.8 Å². The third kappa shape index (κ3) is 5.47. The van der Waals surface area contributed by atoms with E-state index < -0.39 is 0 Å². The molecule has 0 radical (unpaired) electrons. The number of nitrogen functional groups attached to an aromatic ring is 1. The molecule has 5 heteroatoms. The number of carbonyl (C=O) groups is 1. The molecule has 0 bridgehead atoms. The van der Waals surface area contributed by atoms with Crippen LogP contribution in [0.2, 0.25) is 0 Å². The third-order valence-electron chi connectivity index (χ3n) is 3.52. The summed E-state index contributed by atoms with van der Waals surface area (Å²) in [5, 5.41) is 2.88. The van der Waals surface area contributed by atoms with E-state index in [2.05, 4.69) is 10.3 Å². The van der Waals surface area contributed by atoms with Gasteiger partial charge in [-0.1, -0.05) is 25.7 Å². The molecule has 1 aliphatic carbocycles. The first kappa shape index (κ1) is 15.8. The highest BCUT2D eigenvalue weighted by Gasteiger charge is 2.16. The van der Waals surface area contributed by atoms with Gasteiger partial charge in [-0.05, 0) is 30.9 Å². The minimum atomic E-state index is 0. The summed E-state index contributed by atoms with van der Waals surface area (Å²) in [7, 11) is 0. The first-order chi connectivity index (χ1) is 8.74. The van der Waals surface area contributed by atoms with E-state index in [1.165, 1.54) is 38.5 Å². The monoisotopic (exact) mass is 283 g/mol. The zero-order chi connectivity index (χ0) is 12.8. The van der Waals surface area contributed by atoms with E-state index in [1.807, 2.05) is 0 Å². The number of hydrogen-bond donors (Lipinski definition) is 2. The number of anilines is 2. The second-order valence-corrected chi connectivity index (χ2v) is 5.08. The van der Waals surface area contributed by atoms with Gasteiger partial charge in [0.1, 0.15) is 5.82 Å². The molecule has 4 nitrogen and oxygen atoms in total. The maximum atomic E-state index is 11.9. The average Bonchev–Trinajstić information content (AvgIpc) is 2.61. The lowest BCUT2D eigenvalue weighted by molar-refractivity contribution is -0.117. The van der Waals surface area contributed by atoms with E-state index >= 15 is 0 Å². The lowest BCUT2D eigenvalue weighted by atomic mass is 9.96. The fraction of sp³-hybridized carbons (Fsp3) is 0.571. The molecule has 0 atom stereocenters. The predicted octanol–water partition coefficient (Wildman–Crippen LogP) is 3.38. The molecule has 106 valence electrons. The van der Waals surface area contributed by atoms with Gasteiger partial charge in [-0.25, -0.2) is 4.98 Å². The molecule has 2 rings (SSSR count). The van der Waals surface area contributed by atoms with Crippen LogP contribution in [0.15, 0.2) is 18.3 Å². The van der Waals surface area contributed by atoms with Gasteiger partial charge >= 0.3 is 0 Å². The molecule has 0 saturated heterocycles. The SMILES string of the molecule is Cl.Nc1ccc(NC(=O)CC2CCCCCC2)cn1. The van der Waals surface area contributed by atoms with Crippen LogP contribution in [0, 0.1) is 5.92 Å². The van der Waals surface area contributed by atoms with Crippen LogP contribution in [-0.4, -0.2) is 10.9 Å². The fourth-order valence-corrected chi connectivity index (χ4v) is 2.52. The van der Waals surface area contributed by atoms with E-state index in [-0.39, 0.29) is 18.3 Å². The molecule has 1 amide bonds. The molecule has 1 aromatic heterocycles. The van der Waals surface area contributed by atoms with Crippen molar-refractivity contribution in [3.05, 3.63) is 18.3 Å². The molecule has 0 unspecified atom stereocenters. The van der Waals surface area contributed by atoms with Crippen LogP contribution in [-0.2, 0) is 4.79 Å². The Morgan fingerprint density at radius 2 is 1.95 bits per heavy atom. The average molecular weight is 284 g/mol. The molecule has 1 aromatic rings. The Labute approximate surface area is 120 Å². The van der Waals surface area contributed by atoms with Gasteiger partial charge in [0, 0.05) is 6.42 Å². The topological polar surface area (TPSA) is 68.0 Å². The van der Waals surface area contributed by atoms with Crippen molar-refractivity contribution in [3.63, 3.8) is 0 Å². The van der Waals surface area contributed by atoms with E-state index in [0.717, 1.165) is 5.69 Å². The summed E-state index contributed by atoms with van der Waals surface area (Å²) in [6, 6.07) is 3.48. The summed E-state index contributed by atoms with van der Waals surface area (Å²) in [4.78, 5) is 15.9. The van der Waals surface area contributed by atoms with Crippen molar-refractivity contribution in [2.45, 2.75) is 44.9 Å². The smallest absolute Gasteiger partial charge is 0.224 e. The summed E-state index contributed by atoms with van der Waals surface area (Å²) in [6.07, 6.45) is 9.77. The van der Waals surface area contributed by atoms with Crippen LogP contribution in [0.4, 0.5) is 11.5 Å². The Morgan fingerprint density at radius 3 is 2.53 bits per heavy atom. The molecule has 0 spiro atoms. The van der Waals surface area contributed by atoms with Crippen LogP contribution in [0.5, 0.6) is 0 Å². The number of nitrogens with zero attached hydrogens (tertiary/aromatic N) is 1. The standard InChI is InChI=1S/C14H21N3O.ClH/c15-13-8-7-12(10-16-13)17-14(18)9-11-5-3-1-2-4-6-11;/h7-8,10-11H,1-6,9H2,(H2,15,16)(H,17,18);1H. The normalized spacial score (nSPS) is 16.2.